The van der Waals surface area contributed by atoms with Gasteiger partial charge in [0, 0.05) is 26.7 Å². The first-order valence-electron chi connectivity index (χ1n) is 5.92. The number of nitrogens with zero attached hydrogens (tertiary/aromatic N) is 3. The first kappa shape index (κ1) is 12.1. The van der Waals surface area contributed by atoms with E-state index in [0.717, 1.165) is 24.5 Å². The second-order valence-electron chi connectivity index (χ2n) is 5.02. The van der Waals surface area contributed by atoms with Crippen LogP contribution in [0.15, 0.2) is 6.07 Å². The molecule has 1 saturated heterocycles. The quantitative estimate of drug-likeness (QED) is 0.848. The lowest BCUT2D eigenvalue weighted by Crippen LogP contribution is -2.24. The molecule has 1 aromatic heterocycles. The van der Waals surface area contributed by atoms with Crippen LogP contribution >= 0.6 is 0 Å². The molecular weight excluding hydrogens is 218 g/mol. The highest BCUT2D eigenvalue weighted by molar-refractivity contribution is 5.71. The third kappa shape index (κ3) is 2.49. The molecule has 0 radical (unpaired) electrons. The molecule has 2 atom stereocenters. The summed E-state index contributed by atoms with van der Waals surface area (Å²) < 4.78 is 1.87. The molecular formula is C12H19N3O2. The molecule has 5 heteroatoms. The molecule has 2 heterocycles. The zero-order chi connectivity index (χ0) is 12.6. The van der Waals surface area contributed by atoms with Crippen LogP contribution in [0.5, 0.6) is 0 Å². The summed E-state index contributed by atoms with van der Waals surface area (Å²) in [4.78, 5) is 13.2. The lowest BCUT2D eigenvalue weighted by Gasteiger charge is -2.14. The standard InChI is InChI=1S/C12H19N3O2/c1-8-5-15(7-11(8)12(16)17)6-10-4-9(2)13-14(10)3/h4,8,11H,5-7H2,1-3H3,(H,16,17)/t8-,11-/m1/s1. The van der Waals surface area contributed by atoms with Gasteiger partial charge in [-0.1, -0.05) is 6.92 Å². The Morgan fingerprint density at radius 1 is 1.59 bits per heavy atom. The number of hydrogen-bond donors (Lipinski definition) is 1. The number of aliphatic carboxylic acids is 1. The Labute approximate surface area is 101 Å². The van der Waals surface area contributed by atoms with Crippen LogP contribution in [0.25, 0.3) is 0 Å². The van der Waals surface area contributed by atoms with Gasteiger partial charge in [-0.15, -0.1) is 0 Å². The Morgan fingerprint density at radius 3 is 2.76 bits per heavy atom. The Bertz CT molecular complexity index is 427. The summed E-state index contributed by atoms with van der Waals surface area (Å²) >= 11 is 0. The van der Waals surface area contributed by atoms with Crippen molar-refractivity contribution in [1.29, 1.82) is 0 Å². The molecule has 0 amide bonds. The van der Waals surface area contributed by atoms with Crippen molar-refractivity contribution in [2.75, 3.05) is 13.1 Å². The van der Waals surface area contributed by atoms with E-state index in [0.29, 0.717) is 6.54 Å². The van der Waals surface area contributed by atoms with E-state index in [9.17, 15) is 4.79 Å². The number of carboxylic acid groups (broad SMARTS) is 1. The predicted octanol–water partition coefficient (Wildman–Crippen LogP) is 0.881. The number of carboxylic acids is 1. The van der Waals surface area contributed by atoms with Gasteiger partial charge >= 0.3 is 5.97 Å². The molecule has 1 N–H and O–H groups in total. The van der Waals surface area contributed by atoms with Gasteiger partial charge in [-0.05, 0) is 18.9 Å². The predicted molar refractivity (Wildman–Crippen MR) is 63.5 cm³/mol. The maximum atomic E-state index is 11.0. The Hall–Kier alpha value is -1.36. The molecule has 0 aliphatic carbocycles. The number of aromatic nitrogens is 2. The van der Waals surface area contributed by atoms with Crippen molar-refractivity contribution in [3.8, 4) is 0 Å². The number of aryl methyl sites for hydroxylation is 2. The van der Waals surface area contributed by atoms with Crippen molar-refractivity contribution < 1.29 is 9.90 Å². The van der Waals surface area contributed by atoms with Crippen LogP contribution in [0, 0.1) is 18.8 Å². The van der Waals surface area contributed by atoms with Crippen LogP contribution in [0.2, 0.25) is 0 Å². The smallest absolute Gasteiger partial charge is 0.308 e. The first-order chi connectivity index (χ1) is 7.97. The second-order valence-corrected chi connectivity index (χ2v) is 5.02. The highest BCUT2D eigenvalue weighted by atomic mass is 16.4. The molecule has 2 rings (SSSR count). The van der Waals surface area contributed by atoms with Crippen molar-refractivity contribution in [2.24, 2.45) is 18.9 Å². The fourth-order valence-corrected chi connectivity index (χ4v) is 2.56. The van der Waals surface area contributed by atoms with E-state index in [4.69, 9.17) is 5.11 Å². The molecule has 1 aliphatic heterocycles. The van der Waals surface area contributed by atoms with Crippen LogP contribution in [0.4, 0.5) is 0 Å². The van der Waals surface area contributed by atoms with Gasteiger partial charge < -0.3 is 5.11 Å². The molecule has 1 fully saturated rings. The van der Waals surface area contributed by atoms with Gasteiger partial charge in [-0.2, -0.15) is 5.10 Å². The maximum Gasteiger partial charge on any atom is 0.308 e. The maximum absolute atomic E-state index is 11.0. The average molecular weight is 237 g/mol. The Balaban J connectivity index is 2.02. The van der Waals surface area contributed by atoms with E-state index in [1.807, 2.05) is 25.6 Å². The van der Waals surface area contributed by atoms with E-state index in [2.05, 4.69) is 16.1 Å². The van der Waals surface area contributed by atoms with Gasteiger partial charge in [0.1, 0.15) is 0 Å². The van der Waals surface area contributed by atoms with Gasteiger partial charge in [0.05, 0.1) is 17.3 Å². The molecule has 94 valence electrons. The summed E-state index contributed by atoms with van der Waals surface area (Å²) in [6.07, 6.45) is 0. The minimum Gasteiger partial charge on any atom is -0.481 e. The molecule has 17 heavy (non-hydrogen) atoms. The number of carbonyl (C=O) groups is 1. The van der Waals surface area contributed by atoms with Crippen molar-refractivity contribution in [2.45, 2.75) is 20.4 Å². The van der Waals surface area contributed by atoms with Crippen LogP contribution in [-0.2, 0) is 18.4 Å². The van der Waals surface area contributed by atoms with E-state index in [1.54, 1.807) is 0 Å². The zero-order valence-electron chi connectivity index (χ0n) is 10.6. The van der Waals surface area contributed by atoms with Crippen molar-refractivity contribution >= 4 is 5.97 Å². The van der Waals surface area contributed by atoms with Crippen LogP contribution < -0.4 is 0 Å². The summed E-state index contributed by atoms with van der Waals surface area (Å²) in [5.74, 6) is -0.688. The average Bonchev–Trinajstić information content (AvgIpc) is 2.71. The van der Waals surface area contributed by atoms with Gasteiger partial charge in [0.25, 0.3) is 0 Å². The largest absolute Gasteiger partial charge is 0.481 e. The van der Waals surface area contributed by atoms with Crippen molar-refractivity contribution in [1.82, 2.24) is 14.7 Å². The molecule has 1 aromatic rings. The fourth-order valence-electron chi connectivity index (χ4n) is 2.56. The third-order valence-electron chi connectivity index (χ3n) is 3.49. The van der Waals surface area contributed by atoms with Crippen molar-refractivity contribution in [3.63, 3.8) is 0 Å². The summed E-state index contributed by atoms with van der Waals surface area (Å²) in [7, 11) is 1.93. The molecule has 0 unspecified atom stereocenters. The minimum absolute atomic E-state index is 0.224. The normalized spacial score (nSPS) is 25.4. The summed E-state index contributed by atoms with van der Waals surface area (Å²) in [6, 6.07) is 2.05. The molecule has 1 aliphatic rings. The molecule has 0 bridgehead atoms. The van der Waals surface area contributed by atoms with Gasteiger partial charge in [0.2, 0.25) is 0 Å². The van der Waals surface area contributed by atoms with Crippen LogP contribution in [0.3, 0.4) is 0 Å². The van der Waals surface area contributed by atoms with Crippen LogP contribution in [-0.4, -0.2) is 38.8 Å². The second kappa shape index (κ2) is 4.49. The van der Waals surface area contributed by atoms with E-state index < -0.39 is 5.97 Å². The highest BCUT2D eigenvalue weighted by Gasteiger charge is 2.34. The highest BCUT2D eigenvalue weighted by Crippen LogP contribution is 2.24. The van der Waals surface area contributed by atoms with Crippen molar-refractivity contribution in [3.05, 3.63) is 17.5 Å². The fraction of sp³-hybridized carbons (Fsp3) is 0.667. The summed E-state index contributed by atoms with van der Waals surface area (Å²) in [5.41, 5.74) is 2.14. The zero-order valence-corrected chi connectivity index (χ0v) is 10.6. The van der Waals surface area contributed by atoms with Gasteiger partial charge in [0.15, 0.2) is 0 Å². The monoisotopic (exact) mass is 237 g/mol. The summed E-state index contributed by atoms with van der Waals surface area (Å²) in [5, 5.41) is 13.4. The SMILES string of the molecule is Cc1cc(CN2C[C@@H](C)[C@H](C(=O)O)C2)n(C)n1. The summed E-state index contributed by atoms with van der Waals surface area (Å²) in [6.45, 7) is 6.25. The van der Waals surface area contributed by atoms with Gasteiger partial charge in [-0.3, -0.25) is 14.4 Å². The van der Waals surface area contributed by atoms with E-state index in [-0.39, 0.29) is 11.8 Å². The number of rotatable bonds is 3. The first-order valence-corrected chi connectivity index (χ1v) is 5.92. The van der Waals surface area contributed by atoms with E-state index in [1.165, 1.54) is 0 Å². The Kier molecular flexibility index (Phi) is 3.19. The Morgan fingerprint density at radius 2 is 2.29 bits per heavy atom. The van der Waals surface area contributed by atoms with E-state index >= 15 is 0 Å². The molecule has 0 aromatic carbocycles. The number of hydrogen-bond acceptors (Lipinski definition) is 3. The van der Waals surface area contributed by atoms with Gasteiger partial charge in [-0.25, -0.2) is 0 Å². The third-order valence-corrected chi connectivity index (χ3v) is 3.49. The molecule has 0 saturated carbocycles. The number of likely N-dealkylation sites (tertiary alicyclic amines) is 1. The molecule has 5 nitrogen and oxygen atoms in total. The van der Waals surface area contributed by atoms with Crippen LogP contribution in [0.1, 0.15) is 18.3 Å². The molecule has 0 spiro atoms. The minimum atomic E-state index is -0.679. The topological polar surface area (TPSA) is 58.4 Å². The lowest BCUT2D eigenvalue weighted by molar-refractivity contribution is -0.142. The lowest BCUT2D eigenvalue weighted by atomic mass is 9.99.